The molecule has 1 N–H and O–H groups in total. The minimum atomic E-state index is -4.49. The molecule has 0 radical (unpaired) electrons. The van der Waals surface area contributed by atoms with Gasteiger partial charge in [0.05, 0.1) is 11.4 Å². The molecule has 1 atom stereocenters. The highest BCUT2D eigenvalue weighted by atomic mass is 32.1. The number of nitrogens with zero attached hydrogens (tertiary/aromatic N) is 2. The molecular formula is C18H22F3N3O2S. The molecule has 148 valence electrons. The van der Waals surface area contributed by atoms with Gasteiger partial charge in [-0.1, -0.05) is 18.5 Å². The van der Waals surface area contributed by atoms with Crippen LogP contribution in [-0.4, -0.2) is 28.3 Å². The van der Waals surface area contributed by atoms with E-state index >= 15 is 0 Å². The van der Waals surface area contributed by atoms with Crippen molar-refractivity contribution < 1.29 is 22.5 Å². The number of halogens is 3. The molecule has 0 aliphatic rings. The zero-order valence-corrected chi connectivity index (χ0v) is 16.4. The lowest BCUT2D eigenvalue weighted by atomic mass is 10.1. The van der Waals surface area contributed by atoms with E-state index in [2.05, 4.69) is 17.1 Å². The second-order valence-corrected chi connectivity index (χ2v) is 7.27. The van der Waals surface area contributed by atoms with Crippen molar-refractivity contribution >= 4 is 29.4 Å². The van der Waals surface area contributed by atoms with Gasteiger partial charge in [-0.3, -0.25) is 4.79 Å². The summed E-state index contributed by atoms with van der Waals surface area (Å²) in [6, 6.07) is -1.92. The normalized spacial score (nSPS) is 13.3. The van der Waals surface area contributed by atoms with Gasteiger partial charge in [0.1, 0.15) is 21.7 Å². The van der Waals surface area contributed by atoms with Crippen LogP contribution in [0.15, 0.2) is 4.52 Å². The van der Waals surface area contributed by atoms with E-state index < -0.39 is 18.1 Å². The number of rotatable bonds is 7. The third-order valence-electron chi connectivity index (χ3n) is 4.00. The number of nitrogens with one attached hydrogen (secondary N) is 1. The zero-order valence-electron chi connectivity index (χ0n) is 15.6. The van der Waals surface area contributed by atoms with Crippen molar-refractivity contribution in [3.63, 3.8) is 0 Å². The molecule has 2 aromatic heterocycles. The molecule has 2 aromatic rings. The summed E-state index contributed by atoms with van der Waals surface area (Å²) in [5.41, 5.74) is 2.11. The molecule has 2 heterocycles. The van der Waals surface area contributed by atoms with Gasteiger partial charge in [-0.2, -0.15) is 13.2 Å². The predicted molar refractivity (Wildman–Crippen MR) is 98.6 cm³/mol. The summed E-state index contributed by atoms with van der Waals surface area (Å²) in [4.78, 5) is 16.5. The molecule has 0 saturated carbocycles. The number of carbonyl (C=O) groups is 1. The average Bonchev–Trinajstić information content (AvgIpc) is 3.12. The Morgan fingerprint density at radius 2 is 2.04 bits per heavy atom. The fourth-order valence-electron chi connectivity index (χ4n) is 2.36. The monoisotopic (exact) mass is 401 g/mol. The van der Waals surface area contributed by atoms with Crippen LogP contribution in [0, 0.1) is 13.8 Å². The van der Waals surface area contributed by atoms with E-state index in [0.717, 1.165) is 48.8 Å². The van der Waals surface area contributed by atoms with Gasteiger partial charge in [-0.05, 0) is 45.8 Å². The van der Waals surface area contributed by atoms with Gasteiger partial charge < -0.3 is 9.84 Å². The second kappa shape index (κ2) is 8.69. The van der Waals surface area contributed by atoms with Crippen molar-refractivity contribution in [3.05, 3.63) is 32.6 Å². The van der Waals surface area contributed by atoms with Gasteiger partial charge in [-0.25, -0.2) is 4.98 Å². The van der Waals surface area contributed by atoms with Crippen molar-refractivity contribution in [3.8, 4) is 0 Å². The van der Waals surface area contributed by atoms with Crippen LogP contribution in [-0.2, 0) is 6.42 Å². The first-order chi connectivity index (χ1) is 12.6. The van der Waals surface area contributed by atoms with Gasteiger partial charge in [0.2, 0.25) is 0 Å². The van der Waals surface area contributed by atoms with Crippen LogP contribution in [0.5, 0.6) is 0 Å². The minimum Gasteiger partial charge on any atom is -0.361 e. The Morgan fingerprint density at radius 1 is 1.33 bits per heavy atom. The highest BCUT2D eigenvalue weighted by Crippen LogP contribution is 2.24. The zero-order chi connectivity index (χ0) is 20.2. The minimum absolute atomic E-state index is 0.166. The lowest BCUT2D eigenvalue weighted by Crippen LogP contribution is -2.43. The van der Waals surface area contributed by atoms with Crippen molar-refractivity contribution in [2.75, 3.05) is 0 Å². The average molecular weight is 401 g/mol. The molecule has 0 bridgehead atoms. The maximum Gasteiger partial charge on any atom is 0.408 e. The van der Waals surface area contributed by atoms with E-state index in [0.29, 0.717) is 16.5 Å². The first kappa shape index (κ1) is 21.1. The largest absolute Gasteiger partial charge is 0.408 e. The smallest absolute Gasteiger partial charge is 0.361 e. The number of carbonyl (C=O) groups excluding carboxylic acids is 1. The summed E-state index contributed by atoms with van der Waals surface area (Å²) in [6.07, 6.45) is 1.87. The van der Waals surface area contributed by atoms with Crippen molar-refractivity contribution in [2.45, 2.75) is 59.2 Å². The molecule has 0 spiro atoms. The van der Waals surface area contributed by atoms with Crippen molar-refractivity contribution in [2.24, 2.45) is 0 Å². The summed E-state index contributed by atoms with van der Waals surface area (Å²) in [5, 5.41) is 6.54. The number of alkyl halides is 3. The third-order valence-corrected chi connectivity index (χ3v) is 5.12. The van der Waals surface area contributed by atoms with E-state index in [1.54, 1.807) is 13.0 Å². The molecule has 1 unspecified atom stereocenters. The van der Waals surface area contributed by atoms with Crippen molar-refractivity contribution in [1.82, 2.24) is 15.5 Å². The summed E-state index contributed by atoms with van der Waals surface area (Å²) < 4.78 is 43.1. The SMILES string of the molecule is CCCCc1noc(C)c1C=Cc1nc(C)c(C(=O)NC(C)C(F)(F)F)s1. The van der Waals surface area contributed by atoms with Crippen LogP contribution in [0.2, 0.25) is 0 Å². The summed E-state index contributed by atoms with van der Waals surface area (Å²) >= 11 is 1.04. The van der Waals surface area contributed by atoms with E-state index in [4.69, 9.17) is 4.52 Å². The third kappa shape index (κ3) is 5.41. The first-order valence-electron chi connectivity index (χ1n) is 8.61. The number of thiazole rings is 1. The molecule has 0 aliphatic carbocycles. The molecular weight excluding hydrogens is 379 g/mol. The maximum atomic E-state index is 12.6. The Hall–Kier alpha value is -2.16. The number of amides is 1. The van der Waals surface area contributed by atoms with Gasteiger partial charge in [0, 0.05) is 5.56 Å². The van der Waals surface area contributed by atoms with Gasteiger partial charge in [0.15, 0.2) is 0 Å². The Bertz CT molecular complexity index is 824. The first-order valence-corrected chi connectivity index (χ1v) is 9.43. The molecule has 0 fully saturated rings. The van der Waals surface area contributed by atoms with Crippen LogP contribution in [0.3, 0.4) is 0 Å². The Kier molecular flexibility index (Phi) is 6.80. The summed E-state index contributed by atoms with van der Waals surface area (Å²) in [5.74, 6) is -0.0955. The molecule has 0 saturated heterocycles. The van der Waals surface area contributed by atoms with E-state index in [1.165, 1.54) is 0 Å². The van der Waals surface area contributed by atoms with Crippen LogP contribution < -0.4 is 5.32 Å². The van der Waals surface area contributed by atoms with Gasteiger partial charge in [-0.15, -0.1) is 11.3 Å². The summed E-state index contributed by atoms with van der Waals surface area (Å²) in [6.45, 7) is 6.40. The topological polar surface area (TPSA) is 68.0 Å². The van der Waals surface area contributed by atoms with Crippen LogP contribution in [0.1, 0.15) is 64.1 Å². The molecule has 2 rings (SSSR count). The summed E-state index contributed by atoms with van der Waals surface area (Å²) in [7, 11) is 0. The molecule has 5 nitrogen and oxygen atoms in total. The Labute approximate surface area is 159 Å². The van der Waals surface area contributed by atoms with Crippen LogP contribution in [0.25, 0.3) is 12.2 Å². The predicted octanol–water partition coefficient (Wildman–Crippen LogP) is 4.94. The number of hydrogen-bond acceptors (Lipinski definition) is 5. The second-order valence-electron chi connectivity index (χ2n) is 6.24. The molecule has 1 amide bonds. The molecule has 0 aromatic carbocycles. The van der Waals surface area contributed by atoms with E-state index in [-0.39, 0.29) is 4.88 Å². The van der Waals surface area contributed by atoms with E-state index in [1.807, 2.05) is 18.3 Å². The van der Waals surface area contributed by atoms with Gasteiger partial charge >= 0.3 is 6.18 Å². The lowest BCUT2D eigenvalue weighted by molar-refractivity contribution is -0.149. The lowest BCUT2D eigenvalue weighted by Gasteiger charge is -2.16. The number of hydrogen-bond donors (Lipinski definition) is 1. The fourth-order valence-corrected chi connectivity index (χ4v) is 3.23. The maximum absolute atomic E-state index is 12.6. The van der Waals surface area contributed by atoms with Gasteiger partial charge in [0.25, 0.3) is 5.91 Å². The number of aryl methyl sites for hydroxylation is 3. The van der Waals surface area contributed by atoms with Crippen LogP contribution >= 0.6 is 11.3 Å². The van der Waals surface area contributed by atoms with Crippen molar-refractivity contribution in [1.29, 1.82) is 0 Å². The Balaban J connectivity index is 2.16. The molecule has 27 heavy (non-hydrogen) atoms. The quantitative estimate of drug-likeness (QED) is 0.713. The van der Waals surface area contributed by atoms with E-state index in [9.17, 15) is 18.0 Å². The highest BCUT2D eigenvalue weighted by molar-refractivity contribution is 7.14. The standard InChI is InChI=1S/C18H22F3N3O2S/c1-5-6-7-14-13(11(3)26-24-14)8-9-15-22-10(2)16(27-15)17(25)23-12(4)18(19,20)21/h8-9,12H,5-7H2,1-4H3,(H,23,25). The van der Waals surface area contributed by atoms with Crippen LogP contribution in [0.4, 0.5) is 13.2 Å². The molecule has 9 heteroatoms. The fraction of sp³-hybridized carbons (Fsp3) is 0.500. The Morgan fingerprint density at radius 3 is 2.67 bits per heavy atom. The highest BCUT2D eigenvalue weighted by Gasteiger charge is 2.37. The number of aromatic nitrogens is 2. The molecule has 0 aliphatic heterocycles. The number of unbranched alkanes of at least 4 members (excludes halogenated alkanes) is 1.